The first-order valence-corrected chi connectivity index (χ1v) is 7.09. The van der Waals surface area contributed by atoms with Crippen molar-refractivity contribution >= 4 is 28.5 Å². The number of alkyl halides is 4. The molecule has 4 nitrogen and oxygen atoms in total. The van der Waals surface area contributed by atoms with E-state index in [-0.39, 0.29) is 9.62 Å². The highest BCUT2D eigenvalue weighted by Gasteiger charge is 2.48. The zero-order chi connectivity index (χ0) is 14.8. The van der Waals surface area contributed by atoms with Crippen LogP contribution in [-0.4, -0.2) is 40.0 Å². The molecule has 1 amide bonds. The summed E-state index contributed by atoms with van der Waals surface area (Å²) in [6.07, 6.45) is -2.48. The molecule has 2 unspecified atom stereocenters. The van der Waals surface area contributed by atoms with Crippen LogP contribution in [0.5, 0.6) is 0 Å². The van der Waals surface area contributed by atoms with Gasteiger partial charge in [-0.2, -0.15) is 13.2 Å². The van der Waals surface area contributed by atoms with E-state index in [2.05, 4.69) is 27.9 Å². The van der Waals surface area contributed by atoms with Crippen molar-refractivity contribution in [3.05, 3.63) is 11.9 Å². The molecule has 3 N–H and O–H groups in total. The molecule has 0 saturated carbocycles. The van der Waals surface area contributed by atoms with Gasteiger partial charge in [0.2, 0.25) is 0 Å². The van der Waals surface area contributed by atoms with Crippen molar-refractivity contribution in [2.24, 2.45) is 5.73 Å². The van der Waals surface area contributed by atoms with Crippen molar-refractivity contribution in [3.63, 3.8) is 0 Å². The number of rotatable bonds is 2. The van der Waals surface area contributed by atoms with Gasteiger partial charge in [0.1, 0.15) is 0 Å². The number of hydrogen-bond donors (Lipinski definition) is 2. The van der Waals surface area contributed by atoms with E-state index in [9.17, 15) is 18.0 Å². The van der Waals surface area contributed by atoms with E-state index in [1.807, 2.05) is 0 Å². The molecule has 0 bridgehead atoms. The number of nitrogens with two attached hydrogens (primary N) is 1. The third-order valence-corrected chi connectivity index (χ3v) is 4.08. The van der Waals surface area contributed by atoms with Crippen LogP contribution in [-0.2, 0) is 4.79 Å². The SMILES string of the molecule is CN/C=C(\N)[C@@H]1CC(I)CC(C)N1C(=O)C(F)(F)F. The Hall–Kier alpha value is -0.670. The smallest absolute Gasteiger partial charge is 0.399 e. The molecule has 19 heavy (non-hydrogen) atoms. The maximum atomic E-state index is 12.7. The molecule has 0 aliphatic carbocycles. The maximum absolute atomic E-state index is 12.7. The number of hydrogen-bond acceptors (Lipinski definition) is 3. The summed E-state index contributed by atoms with van der Waals surface area (Å²) in [4.78, 5) is 12.4. The lowest BCUT2D eigenvalue weighted by Crippen LogP contribution is -2.57. The number of carbonyl (C=O) groups excluding carboxylic acids is 1. The van der Waals surface area contributed by atoms with Gasteiger partial charge in [0.25, 0.3) is 0 Å². The lowest BCUT2D eigenvalue weighted by Gasteiger charge is -2.43. The molecule has 0 spiro atoms. The van der Waals surface area contributed by atoms with Crippen molar-refractivity contribution in [1.29, 1.82) is 0 Å². The third-order valence-electron chi connectivity index (χ3n) is 3.06. The number of halogens is 4. The summed E-state index contributed by atoms with van der Waals surface area (Å²) in [5.41, 5.74) is 6.03. The lowest BCUT2D eigenvalue weighted by molar-refractivity contribution is -0.190. The molecule has 1 aliphatic heterocycles. The highest BCUT2D eigenvalue weighted by Crippen LogP contribution is 2.33. The number of amides is 1. The standard InChI is InChI=1S/C11H17F3IN3O/c1-6-3-7(15)4-9(8(16)5-17-2)18(6)10(19)11(12,13)14/h5-7,9,17H,3-4,16H2,1-2H3/b8-5-/t6?,7?,9-/m0/s1. The van der Waals surface area contributed by atoms with Gasteiger partial charge in [-0.3, -0.25) is 4.79 Å². The molecule has 110 valence electrons. The molecule has 0 radical (unpaired) electrons. The van der Waals surface area contributed by atoms with Crippen molar-refractivity contribution < 1.29 is 18.0 Å². The van der Waals surface area contributed by atoms with Gasteiger partial charge < -0.3 is 16.0 Å². The van der Waals surface area contributed by atoms with Crippen molar-refractivity contribution in [3.8, 4) is 0 Å². The zero-order valence-corrected chi connectivity index (χ0v) is 12.8. The van der Waals surface area contributed by atoms with Crippen LogP contribution in [0.3, 0.4) is 0 Å². The first-order valence-electron chi connectivity index (χ1n) is 5.84. The minimum absolute atomic E-state index is 0.193. The quantitative estimate of drug-likeness (QED) is 0.557. The Labute approximate surface area is 123 Å². The number of piperidine rings is 1. The highest BCUT2D eigenvalue weighted by molar-refractivity contribution is 14.1. The van der Waals surface area contributed by atoms with Gasteiger partial charge >= 0.3 is 12.1 Å². The minimum Gasteiger partial charge on any atom is -0.399 e. The Morgan fingerprint density at radius 3 is 2.53 bits per heavy atom. The van der Waals surface area contributed by atoms with Crippen LogP contribution in [0, 0.1) is 0 Å². The maximum Gasteiger partial charge on any atom is 0.471 e. The fourth-order valence-electron chi connectivity index (χ4n) is 2.29. The summed E-state index contributed by atoms with van der Waals surface area (Å²) < 4.78 is 38.2. The molecular weight excluding hydrogens is 374 g/mol. The lowest BCUT2D eigenvalue weighted by atomic mass is 9.94. The Kier molecular flexibility index (Phi) is 5.34. The third kappa shape index (κ3) is 3.90. The van der Waals surface area contributed by atoms with Crippen LogP contribution in [0.25, 0.3) is 0 Å². The minimum atomic E-state index is -4.87. The van der Waals surface area contributed by atoms with Crippen molar-refractivity contribution in [1.82, 2.24) is 10.2 Å². The van der Waals surface area contributed by atoms with E-state index in [0.717, 1.165) is 4.90 Å². The van der Waals surface area contributed by atoms with Crippen molar-refractivity contribution in [2.45, 2.75) is 41.9 Å². The molecule has 1 heterocycles. The Bertz CT molecular complexity index is 373. The second kappa shape index (κ2) is 6.19. The summed E-state index contributed by atoms with van der Waals surface area (Å²) in [6.45, 7) is 1.62. The van der Waals surface area contributed by atoms with Gasteiger partial charge in [-0.25, -0.2) is 0 Å². The van der Waals surface area contributed by atoms with Gasteiger partial charge in [0.15, 0.2) is 0 Å². The van der Waals surface area contributed by atoms with E-state index >= 15 is 0 Å². The number of carbonyl (C=O) groups is 1. The Balaban J connectivity index is 3.07. The predicted molar refractivity (Wildman–Crippen MR) is 74.5 cm³/mol. The van der Waals surface area contributed by atoms with Gasteiger partial charge in [0.05, 0.1) is 6.04 Å². The number of likely N-dealkylation sites (tertiary alicyclic amines) is 1. The first kappa shape index (κ1) is 16.4. The van der Waals surface area contributed by atoms with Gasteiger partial charge in [-0.05, 0) is 19.8 Å². The van der Waals surface area contributed by atoms with E-state index < -0.39 is 24.2 Å². The fraction of sp³-hybridized carbons (Fsp3) is 0.727. The normalized spacial score (nSPS) is 29.3. The largest absolute Gasteiger partial charge is 0.471 e. The molecular formula is C11H17F3IN3O. The van der Waals surface area contributed by atoms with Crippen LogP contribution in [0.2, 0.25) is 0 Å². The average molecular weight is 391 g/mol. The second-order valence-corrected chi connectivity index (χ2v) is 6.34. The molecule has 1 aliphatic rings. The summed E-state index contributed by atoms with van der Waals surface area (Å²) in [5.74, 6) is -1.82. The number of nitrogens with zero attached hydrogens (tertiary/aromatic N) is 1. The van der Waals surface area contributed by atoms with Crippen LogP contribution < -0.4 is 11.1 Å². The molecule has 0 aromatic heterocycles. The molecule has 8 heteroatoms. The molecule has 0 aromatic rings. The van der Waals surface area contributed by atoms with Crippen LogP contribution >= 0.6 is 22.6 Å². The number of nitrogens with one attached hydrogen (secondary N) is 1. The summed E-state index contributed by atoms with van der Waals surface area (Å²) in [6, 6.07) is -1.20. The van der Waals surface area contributed by atoms with Gasteiger partial charge in [-0.1, -0.05) is 22.6 Å². The predicted octanol–water partition coefficient (Wildman–Crippen LogP) is 1.75. The Morgan fingerprint density at radius 2 is 2.05 bits per heavy atom. The van der Waals surface area contributed by atoms with Crippen LogP contribution in [0.1, 0.15) is 19.8 Å². The average Bonchev–Trinajstić information content (AvgIpc) is 2.26. The second-order valence-electron chi connectivity index (χ2n) is 4.58. The van der Waals surface area contributed by atoms with Gasteiger partial charge in [-0.15, -0.1) is 0 Å². The molecule has 1 saturated heterocycles. The molecule has 0 aromatic carbocycles. The van der Waals surface area contributed by atoms with Crippen LogP contribution in [0.4, 0.5) is 13.2 Å². The Morgan fingerprint density at radius 1 is 1.47 bits per heavy atom. The van der Waals surface area contributed by atoms with E-state index in [1.165, 1.54) is 6.20 Å². The van der Waals surface area contributed by atoms with Gasteiger partial charge in [0, 0.05) is 28.9 Å². The van der Waals surface area contributed by atoms with E-state index in [0.29, 0.717) is 12.8 Å². The van der Waals surface area contributed by atoms with E-state index in [1.54, 1.807) is 14.0 Å². The zero-order valence-electron chi connectivity index (χ0n) is 10.7. The van der Waals surface area contributed by atoms with E-state index in [4.69, 9.17) is 5.73 Å². The first-order chi connectivity index (χ1) is 8.68. The summed E-state index contributed by atoms with van der Waals surface area (Å²) in [7, 11) is 1.61. The van der Waals surface area contributed by atoms with Crippen molar-refractivity contribution in [2.75, 3.05) is 7.05 Å². The molecule has 1 rings (SSSR count). The molecule has 3 atom stereocenters. The topological polar surface area (TPSA) is 58.4 Å². The summed E-state index contributed by atoms with van der Waals surface area (Å²) >= 11 is 2.18. The highest BCUT2D eigenvalue weighted by atomic mass is 127. The molecule has 1 fully saturated rings. The van der Waals surface area contributed by atoms with Crippen LogP contribution in [0.15, 0.2) is 11.9 Å². The summed E-state index contributed by atoms with van der Waals surface area (Å²) in [5, 5.41) is 2.68. The fourth-order valence-corrected chi connectivity index (χ4v) is 3.51. The monoisotopic (exact) mass is 391 g/mol.